The molecule has 2 N–H and O–H groups in total. The summed E-state index contributed by atoms with van der Waals surface area (Å²) in [6, 6.07) is 6.02. The molecular weight excluding hydrogens is 212 g/mol. The van der Waals surface area contributed by atoms with E-state index in [0.29, 0.717) is 6.54 Å². The topological polar surface area (TPSA) is 48.1 Å². The number of ether oxygens (including phenoxy) is 1. The van der Waals surface area contributed by atoms with Crippen molar-refractivity contribution >= 4 is 10.9 Å². The Hall–Kier alpha value is -1.61. The molecule has 0 aliphatic heterocycles. The van der Waals surface area contributed by atoms with Crippen LogP contribution in [0.4, 0.5) is 0 Å². The van der Waals surface area contributed by atoms with E-state index in [2.05, 4.69) is 0 Å². The van der Waals surface area contributed by atoms with Crippen molar-refractivity contribution in [3.8, 4) is 5.75 Å². The molecule has 1 aliphatic rings. The van der Waals surface area contributed by atoms with Gasteiger partial charge in [0, 0.05) is 17.6 Å². The van der Waals surface area contributed by atoms with Crippen molar-refractivity contribution in [1.29, 1.82) is 0 Å². The molecular formula is C14H16N2O. The molecule has 0 bridgehead atoms. The third-order valence-electron chi connectivity index (χ3n) is 3.54. The van der Waals surface area contributed by atoms with Gasteiger partial charge in [-0.2, -0.15) is 0 Å². The van der Waals surface area contributed by atoms with Crippen LogP contribution in [-0.4, -0.2) is 12.1 Å². The first-order chi connectivity index (χ1) is 8.33. The SMILES string of the molecule is COc1ccc2nc3c(c(CN)c2c1)CCC3. The maximum atomic E-state index is 5.91. The molecule has 1 heterocycles. The number of hydrogen-bond acceptors (Lipinski definition) is 3. The second-order valence-electron chi connectivity index (χ2n) is 4.46. The van der Waals surface area contributed by atoms with Gasteiger partial charge >= 0.3 is 0 Å². The van der Waals surface area contributed by atoms with Crippen molar-refractivity contribution in [3.63, 3.8) is 0 Å². The number of aryl methyl sites for hydroxylation is 1. The van der Waals surface area contributed by atoms with Crippen LogP contribution in [0.25, 0.3) is 10.9 Å². The van der Waals surface area contributed by atoms with Crippen molar-refractivity contribution < 1.29 is 4.74 Å². The fraction of sp³-hybridized carbons (Fsp3) is 0.357. The van der Waals surface area contributed by atoms with Crippen molar-refractivity contribution in [3.05, 3.63) is 35.0 Å². The van der Waals surface area contributed by atoms with E-state index in [1.54, 1.807) is 7.11 Å². The average molecular weight is 228 g/mol. The molecule has 3 rings (SSSR count). The molecule has 1 aromatic carbocycles. The van der Waals surface area contributed by atoms with E-state index in [4.69, 9.17) is 15.5 Å². The Morgan fingerprint density at radius 2 is 2.24 bits per heavy atom. The molecule has 0 spiro atoms. The predicted octanol–water partition coefficient (Wildman–Crippen LogP) is 2.19. The molecule has 1 aliphatic carbocycles. The molecule has 0 amide bonds. The summed E-state index contributed by atoms with van der Waals surface area (Å²) in [4.78, 5) is 4.73. The summed E-state index contributed by atoms with van der Waals surface area (Å²) in [5.74, 6) is 0.868. The molecule has 88 valence electrons. The molecule has 0 unspecified atom stereocenters. The maximum absolute atomic E-state index is 5.91. The minimum atomic E-state index is 0.578. The van der Waals surface area contributed by atoms with E-state index >= 15 is 0 Å². The van der Waals surface area contributed by atoms with Gasteiger partial charge in [-0.1, -0.05) is 0 Å². The zero-order valence-corrected chi connectivity index (χ0v) is 9.99. The second-order valence-corrected chi connectivity index (χ2v) is 4.46. The van der Waals surface area contributed by atoms with Crippen LogP contribution < -0.4 is 10.5 Å². The largest absolute Gasteiger partial charge is 0.497 e. The standard InChI is InChI=1S/C14H16N2O/c1-17-9-5-6-14-11(7-9)12(8-15)10-3-2-4-13(10)16-14/h5-7H,2-4,8,15H2,1H3. The van der Waals surface area contributed by atoms with E-state index in [1.807, 2.05) is 18.2 Å². The van der Waals surface area contributed by atoms with Crippen LogP contribution in [0.5, 0.6) is 5.75 Å². The summed E-state index contributed by atoms with van der Waals surface area (Å²) in [7, 11) is 1.68. The van der Waals surface area contributed by atoms with Crippen molar-refractivity contribution in [1.82, 2.24) is 4.98 Å². The van der Waals surface area contributed by atoms with Gasteiger partial charge in [-0.25, -0.2) is 0 Å². The lowest BCUT2D eigenvalue weighted by atomic mass is 10.0. The number of rotatable bonds is 2. The smallest absolute Gasteiger partial charge is 0.119 e. The monoisotopic (exact) mass is 228 g/mol. The van der Waals surface area contributed by atoms with Crippen LogP contribution >= 0.6 is 0 Å². The first-order valence-electron chi connectivity index (χ1n) is 6.02. The van der Waals surface area contributed by atoms with E-state index in [0.717, 1.165) is 29.5 Å². The molecule has 1 aromatic heterocycles. The number of benzene rings is 1. The number of nitrogens with two attached hydrogens (primary N) is 1. The zero-order valence-electron chi connectivity index (χ0n) is 9.99. The van der Waals surface area contributed by atoms with Crippen LogP contribution in [0, 0.1) is 0 Å². The van der Waals surface area contributed by atoms with Crippen LogP contribution in [0.3, 0.4) is 0 Å². The van der Waals surface area contributed by atoms with Crippen LogP contribution in [0.2, 0.25) is 0 Å². The van der Waals surface area contributed by atoms with Gasteiger partial charge in [-0.05, 0) is 48.6 Å². The fourth-order valence-corrected chi connectivity index (χ4v) is 2.70. The van der Waals surface area contributed by atoms with Gasteiger partial charge < -0.3 is 10.5 Å². The van der Waals surface area contributed by atoms with Crippen LogP contribution in [0.15, 0.2) is 18.2 Å². The highest BCUT2D eigenvalue weighted by Gasteiger charge is 2.18. The normalized spacial score (nSPS) is 14.0. The highest BCUT2D eigenvalue weighted by molar-refractivity contribution is 5.85. The number of fused-ring (bicyclic) bond motifs is 2. The number of pyridine rings is 1. The molecule has 2 aromatic rings. The Morgan fingerprint density at radius 3 is 3.00 bits per heavy atom. The molecule has 0 saturated carbocycles. The fourth-order valence-electron chi connectivity index (χ4n) is 2.70. The van der Waals surface area contributed by atoms with Crippen LogP contribution in [0.1, 0.15) is 23.2 Å². The van der Waals surface area contributed by atoms with Gasteiger partial charge in [0.25, 0.3) is 0 Å². The lowest BCUT2D eigenvalue weighted by Gasteiger charge is -2.11. The van der Waals surface area contributed by atoms with Crippen LogP contribution in [-0.2, 0) is 19.4 Å². The van der Waals surface area contributed by atoms with Crippen molar-refractivity contribution in [2.45, 2.75) is 25.8 Å². The summed E-state index contributed by atoms with van der Waals surface area (Å²) >= 11 is 0. The van der Waals surface area contributed by atoms with Gasteiger partial charge in [0.2, 0.25) is 0 Å². The maximum Gasteiger partial charge on any atom is 0.119 e. The molecule has 0 saturated heterocycles. The van der Waals surface area contributed by atoms with E-state index < -0.39 is 0 Å². The van der Waals surface area contributed by atoms with Crippen molar-refractivity contribution in [2.24, 2.45) is 5.73 Å². The summed E-state index contributed by atoms with van der Waals surface area (Å²) in [5.41, 5.74) is 10.8. The Kier molecular flexibility index (Phi) is 2.48. The quantitative estimate of drug-likeness (QED) is 0.857. The highest BCUT2D eigenvalue weighted by Crippen LogP contribution is 2.31. The third-order valence-corrected chi connectivity index (χ3v) is 3.54. The number of hydrogen-bond donors (Lipinski definition) is 1. The second kappa shape index (κ2) is 4.00. The molecule has 3 heteroatoms. The van der Waals surface area contributed by atoms with Gasteiger partial charge in [0.15, 0.2) is 0 Å². The minimum Gasteiger partial charge on any atom is -0.497 e. The van der Waals surface area contributed by atoms with E-state index in [-0.39, 0.29) is 0 Å². The molecule has 0 atom stereocenters. The number of aromatic nitrogens is 1. The Labute approximate surface area is 101 Å². The summed E-state index contributed by atoms with van der Waals surface area (Å²) < 4.78 is 5.27. The van der Waals surface area contributed by atoms with E-state index in [9.17, 15) is 0 Å². The molecule has 3 nitrogen and oxygen atoms in total. The Bertz CT molecular complexity index is 578. The molecule has 0 radical (unpaired) electrons. The lowest BCUT2D eigenvalue weighted by molar-refractivity contribution is 0.415. The van der Waals surface area contributed by atoms with Gasteiger partial charge in [0.1, 0.15) is 5.75 Å². The van der Waals surface area contributed by atoms with Gasteiger partial charge in [-0.15, -0.1) is 0 Å². The van der Waals surface area contributed by atoms with E-state index in [1.165, 1.54) is 23.2 Å². The number of nitrogens with zero attached hydrogens (tertiary/aromatic N) is 1. The lowest BCUT2D eigenvalue weighted by Crippen LogP contribution is -2.04. The first kappa shape index (κ1) is 10.5. The van der Waals surface area contributed by atoms with Gasteiger partial charge in [-0.3, -0.25) is 4.98 Å². The first-order valence-corrected chi connectivity index (χ1v) is 6.02. The number of methoxy groups -OCH3 is 1. The van der Waals surface area contributed by atoms with Crippen molar-refractivity contribution in [2.75, 3.05) is 7.11 Å². The Balaban J connectivity index is 2.33. The third kappa shape index (κ3) is 1.58. The van der Waals surface area contributed by atoms with Gasteiger partial charge in [0.05, 0.1) is 12.6 Å². The molecule has 17 heavy (non-hydrogen) atoms. The minimum absolute atomic E-state index is 0.578. The predicted molar refractivity (Wildman–Crippen MR) is 68.2 cm³/mol. The zero-order chi connectivity index (χ0) is 11.8. The highest BCUT2D eigenvalue weighted by atomic mass is 16.5. The molecule has 0 fully saturated rings. The Morgan fingerprint density at radius 1 is 1.35 bits per heavy atom. The average Bonchev–Trinajstić information content (AvgIpc) is 2.82. The summed E-state index contributed by atoms with van der Waals surface area (Å²) in [5, 5.41) is 1.15. The summed E-state index contributed by atoms with van der Waals surface area (Å²) in [6.07, 6.45) is 3.40. The summed E-state index contributed by atoms with van der Waals surface area (Å²) in [6.45, 7) is 0.578.